The van der Waals surface area contributed by atoms with E-state index in [4.69, 9.17) is 9.47 Å². The lowest BCUT2D eigenvalue weighted by Crippen LogP contribution is -2.26. The lowest BCUT2D eigenvalue weighted by molar-refractivity contribution is -0.0978. The highest BCUT2D eigenvalue weighted by Crippen LogP contribution is 1.85. The second kappa shape index (κ2) is 5.03. The summed E-state index contributed by atoms with van der Waals surface area (Å²) in [7, 11) is 5.09. The molecule has 0 fully saturated rings. The van der Waals surface area contributed by atoms with Crippen LogP contribution in [0.4, 0.5) is 0 Å². The summed E-state index contributed by atoms with van der Waals surface area (Å²) in [6.07, 6.45) is -0.111. The molecule has 0 aromatic carbocycles. The van der Waals surface area contributed by atoms with Crippen LogP contribution in [0.1, 0.15) is 1.43 Å². The molecule has 0 aliphatic heterocycles. The molecule has 0 saturated carbocycles. The summed E-state index contributed by atoms with van der Waals surface area (Å²) < 4.78 is 9.71. The first-order chi connectivity index (χ1) is 3.85. The Morgan fingerprint density at radius 3 is 2.12 bits per heavy atom. The van der Waals surface area contributed by atoms with Gasteiger partial charge in [-0.1, -0.05) is 0 Å². The fraction of sp³-hybridized carbons (Fsp3) is 1.00. The van der Waals surface area contributed by atoms with Crippen LogP contribution >= 0.6 is 0 Å². The molecule has 0 spiro atoms. The van der Waals surface area contributed by atoms with Crippen molar-refractivity contribution in [2.24, 2.45) is 0 Å². The van der Waals surface area contributed by atoms with E-state index in [-0.39, 0.29) is 7.72 Å². The largest absolute Gasteiger partial charge is 0.355 e. The Labute approximate surface area is 51.5 Å². The van der Waals surface area contributed by atoms with Crippen molar-refractivity contribution < 1.29 is 10.9 Å². The van der Waals surface area contributed by atoms with Gasteiger partial charge < -0.3 is 14.8 Å². The average molecular weight is 121 g/mol. The maximum absolute atomic E-state index is 4.86. The quantitative estimate of drug-likeness (QED) is 0.534. The van der Waals surface area contributed by atoms with Crippen molar-refractivity contribution in [2.75, 3.05) is 27.8 Å². The van der Waals surface area contributed by atoms with Crippen LogP contribution in [0.2, 0.25) is 0 Å². The molecule has 0 bridgehead atoms. The van der Waals surface area contributed by atoms with Crippen LogP contribution in [0.3, 0.4) is 0 Å². The maximum atomic E-state index is 4.86. The molecule has 0 saturated heterocycles. The third kappa shape index (κ3) is 2.96. The van der Waals surface area contributed by atoms with Gasteiger partial charge in [0.1, 0.15) is 0 Å². The smallest absolute Gasteiger partial charge is 0.169 e. The van der Waals surface area contributed by atoms with Gasteiger partial charge in [-0.2, -0.15) is 0 Å². The number of hydrogen-bond donors (Lipinski definition) is 1. The number of nitrogens with one attached hydrogen (secondary N) is 1. The predicted molar refractivity (Wildman–Crippen MR) is 33.8 cm³/mol. The molecule has 1 N–H and O–H groups in total. The van der Waals surface area contributed by atoms with Gasteiger partial charge in [0, 0.05) is 22.2 Å². The first-order valence-corrected chi connectivity index (χ1v) is 2.55. The molecule has 8 heavy (non-hydrogen) atoms. The Morgan fingerprint density at radius 2 is 2.00 bits per heavy atom. The van der Waals surface area contributed by atoms with E-state index in [1.54, 1.807) is 14.2 Å². The molecule has 0 aliphatic carbocycles. The molecule has 0 rings (SSSR count). The Kier molecular flexibility index (Phi) is 4.95. The fourth-order valence-corrected chi connectivity index (χ4v) is 0.430. The monoisotopic (exact) mass is 121 g/mol. The van der Waals surface area contributed by atoms with Gasteiger partial charge in [0.15, 0.2) is 6.29 Å². The number of methoxy groups -OCH3 is 2. The summed E-state index contributed by atoms with van der Waals surface area (Å²) in [4.78, 5) is 0. The van der Waals surface area contributed by atoms with E-state index < -0.39 is 0 Å². The Balaban J connectivity index is 0. The van der Waals surface area contributed by atoms with Gasteiger partial charge in [0.05, 0.1) is 0 Å². The minimum absolute atomic E-state index is 0. The van der Waals surface area contributed by atoms with Gasteiger partial charge in [-0.25, -0.2) is 0 Å². The summed E-state index contributed by atoms with van der Waals surface area (Å²) >= 11 is 0. The Bertz CT molecular complexity index is 50.2. The van der Waals surface area contributed by atoms with Crippen LogP contribution in [-0.4, -0.2) is 34.1 Å². The first-order valence-electron chi connectivity index (χ1n) is 2.55. The summed E-state index contributed by atoms with van der Waals surface area (Å²) in [6, 6.07) is 0. The van der Waals surface area contributed by atoms with Crippen LogP contribution in [0.25, 0.3) is 0 Å². The van der Waals surface area contributed by atoms with Crippen molar-refractivity contribution in [1.29, 1.82) is 0 Å². The van der Waals surface area contributed by atoms with E-state index in [1.165, 1.54) is 0 Å². The van der Waals surface area contributed by atoms with Crippen molar-refractivity contribution in [1.82, 2.24) is 5.32 Å². The van der Waals surface area contributed by atoms with Crippen LogP contribution in [0, 0.1) is 0 Å². The van der Waals surface area contributed by atoms with Crippen molar-refractivity contribution >= 4 is 0 Å². The van der Waals surface area contributed by atoms with E-state index >= 15 is 0 Å². The van der Waals surface area contributed by atoms with E-state index in [9.17, 15) is 0 Å². The number of rotatable bonds is 4. The minimum atomic E-state index is -0.111. The molecular weight excluding hydrogens is 106 g/mol. The molecular formula is C5H15NO2. The molecule has 0 radical (unpaired) electrons. The number of ether oxygens (including phenoxy) is 2. The van der Waals surface area contributed by atoms with Crippen molar-refractivity contribution in [2.45, 2.75) is 6.29 Å². The lowest BCUT2D eigenvalue weighted by Gasteiger charge is -2.11. The normalized spacial score (nSPS) is 10.5. The molecule has 0 aliphatic rings. The molecule has 52 valence electrons. The summed E-state index contributed by atoms with van der Waals surface area (Å²) in [5.74, 6) is 0. The zero-order valence-corrected chi connectivity index (χ0v) is 5.60. The molecule has 0 aromatic heterocycles. The van der Waals surface area contributed by atoms with Crippen LogP contribution in [-0.2, 0) is 9.47 Å². The lowest BCUT2D eigenvalue weighted by atomic mass is 10.6. The van der Waals surface area contributed by atoms with Crippen molar-refractivity contribution in [3.63, 3.8) is 0 Å². The molecule has 3 nitrogen and oxygen atoms in total. The Morgan fingerprint density at radius 1 is 1.50 bits per heavy atom. The van der Waals surface area contributed by atoms with Gasteiger partial charge in [-0.15, -0.1) is 0 Å². The maximum Gasteiger partial charge on any atom is 0.169 e. The van der Waals surface area contributed by atoms with Gasteiger partial charge >= 0.3 is 0 Å². The van der Waals surface area contributed by atoms with E-state index in [1.807, 2.05) is 7.05 Å². The van der Waals surface area contributed by atoms with Crippen LogP contribution in [0.15, 0.2) is 0 Å². The number of likely N-dealkylation sites (N-methyl/N-ethyl adjacent to an activating group) is 1. The zero-order chi connectivity index (χ0) is 6.41. The summed E-state index contributed by atoms with van der Waals surface area (Å²) in [6.45, 7) is 0.729. The highest BCUT2D eigenvalue weighted by Gasteiger charge is 1.99. The Hall–Kier alpha value is -0.120. The first kappa shape index (κ1) is 7.88. The van der Waals surface area contributed by atoms with E-state index in [2.05, 4.69) is 5.32 Å². The topological polar surface area (TPSA) is 30.5 Å². The second-order valence-electron chi connectivity index (χ2n) is 1.46. The highest BCUT2D eigenvalue weighted by molar-refractivity contribution is 4.42. The van der Waals surface area contributed by atoms with Crippen molar-refractivity contribution in [3.8, 4) is 0 Å². The molecule has 3 heteroatoms. The number of hydrogen-bond acceptors (Lipinski definition) is 3. The second-order valence-corrected chi connectivity index (χ2v) is 1.46. The third-order valence-electron chi connectivity index (χ3n) is 0.897. The van der Waals surface area contributed by atoms with Crippen molar-refractivity contribution in [3.05, 3.63) is 0 Å². The highest BCUT2D eigenvalue weighted by atomic mass is 16.7. The molecule has 0 heterocycles. The van der Waals surface area contributed by atoms with Crippen LogP contribution in [0.5, 0.6) is 0 Å². The van der Waals surface area contributed by atoms with Gasteiger partial charge in [0.25, 0.3) is 0 Å². The molecule has 0 unspecified atom stereocenters. The SMILES string of the molecule is CNCC(OC)OC.[HH]. The molecule has 0 amide bonds. The van der Waals surface area contributed by atoms with E-state index in [0.717, 1.165) is 6.54 Å². The fourth-order valence-electron chi connectivity index (χ4n) is 0.430. The van der Waals surface area contributed by atoms with E-state index in [0.29, 0.717) is 0 Å². The average Bonchev–Trinajstić information content (AvgIpc) is 1.83. The summed E-state index contributed by atoms with van der Waals surface area (Å²) in [5, 5.41) is 2.92. The van der Waals surface area contributed by atoms with Gasteiger partial charge in [-0.05, 0) is 7.05 Å². The van der Waals surface area contributed by atoms with Crippen LogP contribution < -0.4 is 5.32 Å². The zero-order valence-electron chi connectivity index (χ0n) is 5.60. The minimum Gasteiger partial charge on any atom is -0.355 e. The standard InChI is InChI=1S/C5H13NO2.H2/c1-6-4-5(7-2)8-3;/h5-6H,4H2,1-3H3;1H. The molecule has 0 atom stereocenters. The summed E-state index contributed by atoms with van der Waals surface area (Å²) in [5.41, 5.74) is 0. The predicted octanol–water partition coefficient (Wildman–Crippen LogP) is 0.0707. The molecule has 0 aromatic rings. The van der Waals surface area contributed by atoms with Gasteiger partial charge in [0.2, 0.25) is 0 Å². The van der Waals surface area contributed by atoms with Gasteiger partial charge in [-0.3, -0.25) is 0 Å². The third-order valence-corrected chi connectivity index (χ3v) is 0.897.